The molecule has 8 nitrogen and oxygen atoms in total. The van der Waals surface area contributed by atoms with E-state index < -0.39 is 23.8 Å². The molecule has 13 heteroatoms. The molecule has 0 aliphatic heterocycles. The van der Waals surface area contributed by atoms with Crippen molar-refractivity contribution >= 4 is 29.1 Å². The van der Waals surface area contributed by atoms with Crippen LogP contribution in [0.1, 0.15) is 25.2 Å². The predicted molar refractivity (Wildman–Crippen MR) is 99.5 cm³/mol. The molecule has 0 amide bonds. The number of alkyl halides is 3. The van der Waals surface area contributed by atoms with Crippen LogP contribution in [-0.2, 0) is 16.1 Å². The third-order valence-electron chi connectivity index (χ3n) is 4.00. The fraction of sp³-hybridized carbons (Fsp3) is 0.412. The summed E-state index contributed by atoms with van der Waals surface area (Å²) in [5.74, 6) is -3.64. The number of hydrogen-bond donors (Lipinski definition) is 1. The van der Waals surface area contributed by atoms with Gasteiger partial charge in [-0.2, -0.15) is 13.2 Å². The lowest BCUT2D eigenvalue weighted by Crippen LogP contribution is -2.29. The number of rotatable bonds is 7. The van der Waals surface area contributed by atoms with E-state index in [1.807, 2.05) is 25.8 Å². The fourth-order valence-corrected chi connectivity index (χ4v) is 2.25. The highest BCUT2D eigenvalue weighted by atomic mass is 35.5. The van der Waals surface area contributed by atoms with Crippen LogP contribution in [0, 0.1) is 5.82 Å². The Hall–Kier alpha value is -2.73. The number of carbonyl (C=O) groups is 1. The van der Waals surface area contributed by atoms with E-state index in [4.69, 9.17) is 11.6 Å². The third-order valence-corrected chi connectivity index (χ3v) is 4.29. The molecule has 0 saturated carbocycles. The standard InChI is InChI=1S/C17H18ClF4N5O3/c1-9(2)27(3)7-6-13-14(25-30-24-13)15(26-29-16(28)17(20,21)22)23-10-4-5-12(19)11(18)8-10/h4-5,8-9H,6-7H2,1-3H3,(H,23,26). The highest BCUT2D eigenvalue weighted by Crippen LogP contribution is 2.21. The van der Waals surface area contributed by atoms with Gasteiger partial charge in [0.25, 0.3) is 0 Å². The van der Waals surface area contributed by atoms with Gasteiger partial charge in [-0.25, -0.2) is 13.8 Å². The first-order valence-electron chi connectivity index (χ1n) is 8.59. The summed E-state index contributed by atoms with van der Waals surface area (Å²) >= 11 is 5.71. The molecule has 1 aromatic carbocycles. The van der Waals surface area contributed by atoms with Gasteiger partial charge in [0.05, 0.1) is 5.02 Å². The third kappa shape index (κ3) is 6.39. The maximum atomic E-state index is 13.4. The molecule has 0 aliphatic rings. The lowest BCUT2D eigenvalue weighted by atomic mass is 10.2. The van der Waals surface area contributed by atoms with Gasteiger partial charge in [-0.05, 0) is 44.3 Å². The highest BCUT2D eigenvalue weighted by Gasteiger charge is 2.42. The molecule has 30 heavy (non-hydrogen) atoms. The number of hydrogen-bond acceptors (Lipinski definition) is 7. The van der Waals surface area contributed by atoms with E-state index in [0.717, 1.165) is 12.1 Å². The summed E-state index contributed by atoms with van der Waals surface area (Å²) in [4.78, 5) is 17.0. The van der Waals surface area contributed by atoms with Gasteiger partial charge in [0.1, 0.15) is 11.5 Å². The van der Waals surface area contributed by atoms with Crippen LogP contribution in [-0.4, -0.2) is 52.8 Å². The highest BCUT2D eigenvalue weighted by molar-refractivity contribution is 6.31. The summed E-state index contributed by atoms with van der Waals surface area (Å²) in [6, 6.07) is 3.68. The molecule has 0 fully saturated rings. The van der Waals surface area contributed by atoms with Gasteiger partial charge in [-0.1, -0.05) is 21.9 Å². The Kier molecular flexibility index (Phi) is 7.73. The molecule has 164 valence electrons. The lowest BCUT2D eigenvalue weighted by Gasteiger charge is -2.20. The Labute approximate surface area is 173 Å². The van der Waals surface area contributed by atoms with Crippen molar-refractivity contribution in [1.29, 1.82) is 0 Å². The van der Waals surface area contributed by atoms with E-state index in [1.165, 1.54) is 6.07 Å². The number of carbonyl (C=O) groups excluding carboxylic acids is 1. The summed E-state index contributed by atoms with van der Waals surface area (Å²) < 4.78 is 55.4. The Balaban J connectivity index is 2.33. The maximum Gasteiger partial charge on any atom is 0.493 e. The number of nitrogens with zero attached hydrogens (tertiary/aromatic N) is 4. The number of benzene rings is 1. The van der Waals surface area contributed by atoms with Crippen molar-refractivity contribution < 1.29 is 31.8 Å². The molecule has 0 spiro atoms. The van der Waals surface area contributed by atoms with Gasteiger partial charge in [-0.15, -0.1) is 0 Å². The van der Waals surface area contributed by atoms with Gasteiger partial charge in [0.15, 0.2) is 5.69 Å². The average Bonchev–Trinajstić information content (AvgIpc) is 3.13. The molecule has 0 radical (unpaired) electrons. The molecular weight excluding hydrogens is 434 g/mol. The largest absolute Gasteiger partial charge is 0.493 e. The van der Waals surface area contributed by atoms with E-state index in [-0.39, 0.29) is 28.1 Å². The summed E-state index contributed by atoms with van der Waals surface area (Å²) in [6.45, 7) is 4.48. The van der Waals surface area contributed by atoms with Crippen molar-refractivity contribution in [2.24, 2.45) is 5.16 Å². The average molecular weight is 452 g/mol. The Morgan fingerprint density at radius 2 is 2.07 bits per heavy atom. The van der Waals surface area contributed by atoms with Crippen molar-refractivity contribution in [3.05, 3.63) is 40.4 Å². The summed E-state index contributed by atoms with van der Waals surface area (Å²) in [5.41, 5.74) is 0.323. The molecule has 2 rings (SSSR count). The Bertz CT molecular complexity index is 917. The van der Waals surface area contributed by atoms with Crippen molar-refractivity contribution in [2.75, 3.05) is 18.9 Å². The summed E-state index contributed by atoms with van der Waals surface area (Å²) in [5, 5.41) is 12.9. The van der Waals surface area contributed by atoms with Gasteiger partial charge >= 0.3 is 12.1 Å². The summed E-state index contributed by atoms with van der Waals surface area (Å²) in [7, 11) is 1.87. The molecule has 0 bridgehead atoms. The van der Waals surface area contributed by atoms with E-state index in [2.05, 4.69) is 30.3 Å². The zero-order valence-electron chi connectivity index (χ0n) is 16.1. The van der Waals surface area contributed by atoms with Gasteiger partial charge < -0.3 is 15.1 Å². The number of halogens is 5. The molecule has 0 atom stereocenters. The van der Waals surface area contributed by atoms with Gasteiger partial charge in [0.2, 0.25) is 5.84 Å². The van der Waals surface area contributed by atoms with Crippen LogP contribution in [0.5, 0.6) is 0 Å². The SMILES string of the molecule is CC(C)N(C)CCc1nonc1C(=NOC(=O)C(F)(F)F)Nc1ccc(F)c(Cl)c1. The van der Waals surface area contributed by atoms with Crippen LogP contribution >= 0.6 is 11.6 Å². The molecule has 0 saturated heterocycles. The minimum atomic E-state index is -5.25. The first-order valence-corrected chi connectivity index (χ1v) is 8.97. The van der Waals surface area contributed by atoms with E-state index in [1.54, 1.807) is 0 Å². The smallest absolute Gasteiger partial charge is 0.335 e. The van der Waals surface area contributed by atoms with Crippen molar-refractivity contribution in [3.63, 3.8) is 0 Å². The first kappa shape index (κ1) is 23.5. The zero-order chi connectivity index (χ0) is 22.5. The van der Waals surface area contributed by atoms with Crippen LogP contribution in [0.3, 0.4) is 0 Å². The van der Waals surface area contributed by atoms with E-state index >= 15 is 0 Å². The van der Waals surface area contributed by atoms with E-state index in [9.17, 15) is 22.4 Å². The quantitative estimate of drug-likeness (QED) is 0.226. The normalized spacial score (nSPS) is 12.5. The molecule has 1 aromatic heterocycles. The fourth-order valence-electron chi connectivity index (χ4n) is 2.07. The number of oxime groups is 1. The first-order chi connectivity index (χ1) is 14.0. The number of amidine groups is 1. The molecular formula is C17H18ClF4N5O3. The second-order valence-electron chi connectivity index (χ2n) is 6.45. The van der Waals surface area contributed by atoms with Gasteiger partial charge in [-0.3, -0.25) is 0 Å². The van der Waals surface area contributed by atoms with Crippen LogP contribution < -0.4 is 5.32 Å². The molecule has 0 aliphatic carbocycles. The van der Waals surface area contributed by atoms with Crippen LogP contribution in [0.25, 0.3) is 0 Å². The van der Waals surface area contributed by atoms with Crippen LogP contribution in [0.15, 0.2) is 28.0 Å². The molecule has 1 heterocycles. The number of likely N-dealkylation sites (N-methyl/N-ethyl adjacent to an activating group) is 1. The monoisotopic (exact) mass is 451 g/mol. The van der Waals surface area contributed by atoms with Crippen molar-refractivity contribution in [1.82, 2.24) is 15.2 Å². The second-order valence-corrected chi connectivity index (χ2v) is 6.86. The van der Waals surface area contributed by atoms with Crippen LogP contribution in [0.2, 0.25) is 5.02 Å². The van der Waals surface area contributed by atoms with Crippen LogP contribution in [0.4, 0.5) is 23.2 Å². The maximum absolute atomic E-state index is 13.4. The zero-order valence-corrected chi connectivity index (χ0v) is 16.9. The number of nitrogens with one attached hydrogen (secondary N) is 1. The van der Waals surface area contributed by atoms with Crippen molar-refractivity contribution in [2.45, 2.75) is 32.5 Å². The second kappa shape index (κ2) is 9.85. The topological polar surface area (TPSA) is 92.8 Å². The minimum absolute atomic E-state index is 0.0809. The Morgan fingerprint density at radius 1 is 1.37 bits per heavy atom. The summed E-state index contributed by atoms with van der Waals surface area (Å²) in [6.07, 6.45) is -4.94. The van der Waals surface area contributed by atoms with E-state index in [0.29, 0.717) is 13.0 Å². The molecule has 0 unspecified atom stereocenters. The Morgan fingerprint density at radius 3 is 2.67 bits per heavy atom. The van der Waals surface area contributed by atoms with Gasteiger partial charge in [0, 0.05) is 24.7 Å². The minimum Gasteiger partial charge on any atom is -0.335 e. The molecule has 1 N–H and O–H groups in total. The number of aromatic nitrogens is 2. The van der Waals surface area contributed by atoms with Crippen molar-refractivity contribution in [3.8, 4) is 0 Å². The number of anilines is 1. The molecule has 2 aromatic rings. The lowest BCUT2D eigenvalue weighted by molar-refractivity contribution is -0.199. The predicted octanol–water partition coefficient (Wildman–Crippen LogP) is 3.62.